The van der Waals surface area contributed by atoms with Gasteiger partial charge >= 0.3 is 12.1 Å². The summed E-state index contributed by atoms with van der Waals surface area (Å²) in [7, 11) is 0. The van der Waals surface area contributed by atoms with E-state index < -0.39 is 12.1 Å². The Hall–Kier alpha value is -4.12. The zero-order valence-corrected chi connectivity index (χ0v) is 18.3. The molecular weight excluding hydrogens is 469 g/mol. The van der Waals surface area contributed by atoms with E-state index in [1.54, 1.807) is 23.7 Å². The van der Waals surface area contributed by atoms with Crippen LogP contribution in [-0.4, -0.2) is 32.7 Å². The maximum atomic E-state index is 12.5. The monoisotopic (exact) mass is 488 g/mol. The quantitative estimate of drug-likeness (QED) is 0.345. The predicted octanol–water partition coefficient (Wildman–Crippen LogP) is 5.24. The van der Waals surface area contributed by atoms with Gasteiger partial charge in [-0.1, -0.05) is 0 Å². The van der Waals surface area contributed by atoms with Crippen LogP contribution in [0.5, 0.6) is 0 Å². The molecule has 3 heterocycles. The average molecular weight is 488 g/mol. The number of nitrogens with zero attached hydrogens (tertiary/aromatic N) is 2. The molecule has 0 bridgehead atoms. The number of carboxylic acids is 1. The number of alkyl halides is 3. The number of thiophene rings is 1. The number of anilines is 2. The fourth-order valence-corrected chi connectivity index (χ4v) is 3.64. The minimum Gasteiger partial charge on any atom is -0.475 e. The molecule has 0 aliphatic carbocycles. The molecule has 0 fully saturated rings. The summed E-state index contributed by atoms with van der Waals surface area (Å²) in [4.78, 5) is 25.4. The van der Waals surface area contributed by atoms with Crippen LogP contribution >= 0.6 is 11.3 Å². The van der Waals surface area contributed by atoms with Gasteiger partial charge in [0.15, 0.2) is 0 Å². The fourth-order valence-electron chi connectivity index (χ4n) is 2.74. The number of carboxylic acid groups (broad SMARTS) is 1. The highest BCUT2D eigenvalue weighted by Crippen LogP contribution is 2.22. The lowest BCUT2D eigenvalue weighted by Gasteiger charge is -2.09. The van der Waals surface area contributed by atoms with Gasteiger partial charge in [-0.15, -0.1) is 11.3 Å². The summed E-state index contributed by atoms with van der Waals surface area (Å²) in [6.07, 6.45) is 2.39. The molecule has 34 heavy (non-hydrogen) atoms. The molecule has 0 radical (unpaired) electrons. The minimum atomic E-state index is -5.08. The molecule has 1 aromatic carbocycles. The van der Waals surface area contributed by atoms with Crippen LogP contribution in [0, 0.1) is 0 Å². The summed E-state index contributed by atoms with van der Waals surface area (Å²) < 4.78 is 33.8. The predicted molar refractivity (Wildman–Crippen MR) is 122 cm³/mol. The van der Waals surface area contributed by atoms with E-state index in [0.717, 1.165) is 21.9 Å². The second kappa shape index (κ2) is 11.1. The van der Waals surface area contributed by atoms with Gasteiger partial charge in [0, 0.05) is 53.8 Å². The van der Waals surface area contributed by atoms with Gasteiger partial charge in [0.05, 0.1) is 0 Å². The van der Waals surface area contributed by atoms with Gasteiger partial charge in [-0.25, -0.2) is 4.79 Å². The largest absolute Gasteiger partial charge is 0.490 e. The van der Waals surface area contributed by atoms with Crippen molar-refractivity contribution in [3.05, 3.63) is 95.9 Å². The Morgan fingerprint density at radius 2 is 1.56 bits per heavy atom. The zero-order valence-electron chi connectivity index (χ0n) is 17.5. The Morgan fingerprint density at radius 1 is 0.971 bits per heavy atom. The van der Waals surface area contributed by atoms with Crippen molar-refractivity contribution in [3.8, 4) is 5.00 Å². The number of pyridine rings is 1. The molecule has 4 aromatic rings. The molecule has 3 N–H and O–H groups in total. The lowest BCUT2D eigenvalue weighted by atomic mass is 10.2. The molecule has 1 amide bonds. The summed E-state index contributed by atoms with van der Waals surface area (Å²) in [5, 5.41) is 16.6. The Balaban J connectivity index is 0.000000406. The number of aliphatic carboxylic acids is 1. The number of aromatic nitrogens is 2. The van der Waals surface area contributed by atoms with Crippen molar-refractivity contribution in [1.29, 1.82) is 0 Å². The Bertz CT molecular complexity index is 1210. The van der Waals surface area contributed by atoms with Crippen molar-refractivity contribution in [3.63, 3.8) is 0 Å². The standard InChI is InChI=1S/C21H18N4OS.C2HF3O2/c26-20(23-15-17-9-14-27-21(17)25-12-1-2-13-25)16-3-5-18(6-4-16)24-19-7-10-22-11-8-19;3-2(4,5)1(6)7/h1-14H,15H2,(H,22,24)(H,23,26);(H,6,7). The first-order valence-electron chi connectivity index (χ1n) is 9.79. The number of rotatable bonds is 6. The highest BCUT2D eigenvalue weighted by Gasteiger charge is 2.38. The van der Waals surface area contributed by atoms with Crippen LogP contribution in [0.25, 0.3) is 5.00 Å². The SMILES string of the molecule is O=C(NCc1ccsc1-n1cccc1)c1ccc(Nc2ccncc2)cc1.O=C(O)C(F)(F)F. The van der Waals surface area contributed by atoms with Crippen molar-refractivity contribution in [2.45, 2.75) is 12.7 Å². The van der Waals surface area contributed by atoms with E-state index in [1.807, 2.05) is 72.4 Å². The minimum absolute atomic E-state index is 0.0879. The smallest absolute Gasteiger partial charge is 0.475 e. The molecule has 0 aliphatic rings. The van der Waals surface area contributed by atoms with E-state index in [1.165, 1.54) is 0 Å². The molecule has 0 saturated heterocycles. The van der Waals surface area contributed by atoms with E-state index >= 15 is 0 Å². The van der Waals surface area contributed by atoms with Crippen LogP contribution in [0.2, 0.25) is 0 Å². The van der Waals surface area contributed by atoms with Gasteiger partial charge < -0.3 is 20.3 Å². The molecule has 176 valence electrons. The number of benzene rings is 1. The summed E-state index contributed by atoms with van der Waals surface area (Å²) in [5.41, 5.74) is 3.61. The number of carbonyl (C=O) groups excluding carboxylic acids is 1. The van der Waals surface area contributed by atoms with Crippen LogP contribution in [-0.2, 0) is 11.3 Å². The fraction of sp³-hybridized carbons (Fsp3) is 0.0870. The number of carbonyl (C=O) groups is 2. The van der Waals surface area contributed by atoms with Gasteiger partial charge in [0.25, 0.3) is 5.91 Å². The second-order valence-corrected chi connectivity index (χ2v) is 7.66. The maximum absolute atomic E-state index is 12.5. The number of halogens is 3. The van der Waals surface area contributed by atoms with Crippen LogP contribution < -0.4 is 10.6 Å². The molecule has 3 aromatic heterocycles. The van der Waals surface area contributed by atoms with E-state index in [2.05, 4.69) is 20.2 Å². The third-order valence-electron chi connectivity index (χ3n) is 4.36. The Morgan fingerprint density at radius 3 is 2.15 bits per heavy atom. The lowest BCUT2D eigenvalue weighted by molar-refractivity contribution is -0.192. The zero-order chi connectivity index (χ0) is 24.6. The van der Waals surface area contributed by atoms with Crippen LogP contribution in [0.3, 0.4) is 0 Å². The van der Waals surface area contributed by atoms with E-state index in [4.69, 9.17) is 9.90 Å². The van der Waals surface area contributed by atoms with Crippen LogP contribution in [0.15, 0.2) is 84.8 Å². The highest BCUT2D eigenvalue weighted by molar-refractivity contribution is 7.12. The average Bonchev–Trinajstić information content (AvgIpc) is 3.50. The van der Waals surface area contributed by atoms with Crippen LogP contribution in [0.1, 0.15) is 15.9 Å². The van der Waals surface area contributed by atoms with Crippen molar-refractivity contribution in [2.24, 2.45) is 0 Å². The molecule has 0 spiro atoms. The molecule has 7 nitrogen and oxygen atoms in total. The number of amides is 1. The number of nitrogens with one attached hydrogen (secondary N) is 2. The highest BCUT2D eigenvalue weighted by atomic mass is 32.1. The Labute approximate surface area is 196 Å². The van der Waals surface area contributed by atoms with Gasteiger partial charge in [0.1, 0.15) is 5.00 Å². The van der Waals surface area contributed by atoms with Gasteiger partial charge in [-0.05, 0) is 60.0 Å². The summed E-state index contributed by atoms with van der Waals surface area (Å²) in [6, 6.07) is 17.2. The summed E-state index contributed by atoms with van der Waals surface area (Å²) in [6.45, 7) is 0.493. The molecule has 4 rings (SSSR count). The molecule has 0 atom stereocenters. The number of hydrogen-bond acceptors (Lipinski definition) is 5. The maximum Gasteiger partial charge on any atom is 0.490 e. The molecule has 11 heteroatoms. The molecular formula is C23H19F3N4O3S. The van der Waals surface area contributed by atoms with Gasteiger partial charge in [0.2, 0.25) is 0 Å². The number of hydrogen-bond donors (Lipinski definition) is 3. The molecule has 0 aliphatic heterocycles. The summed E-state index contributed by atoms with van der Waals surface area (Å²) >= 11 is 1.66. The Kier molecular flexibility index (Phi) is 8.04. The topological polar surface area (TPSA) is 96.3 Å². The van der Waals surface area contributed by atoms with E-state index in [0.29, 0.717) is 12.1 Å². The first-order valence-corrected chi connectivity index (χ1v) is 10.7. The molecule has 0 saturated carbocycles. The second-order valence-electron chi connectivity index (χ2n) is 6.77. The van der Waals surface area contributed by atoms with Crippen molar-refractivity contribution in [2.75, 3.05) is 5.32 Å². The normalized spacial score (nSPS) is 10.7. The van der Waals surface area contributed by atoms with E-state index in [9.17, 15) is 18.0 Å². The van der Waals surface area contributed by atoms with Gasteiger partial charge in [-0.3, -0.25) is 9.78 Å². The summed E-state index contributed by atoms with van der Waals surface area (Å²) in [5.74, 6) is -2.84. The van der Waals surface area contributed by atoms with Crippen molar-refractivity contribution >= 4 is 34.6 Å². The lowest BCUT2D eigenvalue weighted by Crippen LogP contribution is -2.23. The van der Waals surface area contributed by atoms with Crippen molar-refractivity contribution < 1.29 is 27.9 Å². The van der Waals surface area contributed by atoms with Crippen molar-refractivity contribution in [1.82, 2.24) is 14.9 Å². The third kappa shape index (κ3) is 6.94. The third-order valence-corrected chi connectivity index (χ3v) is 5.33. The first kappa shape index (κ1) is 24.5. The van der Waals surface area contributed by atoms with E-state index in [-0.39, 0.29) is 5.91 Å². The van der Waals surface area contributed by atoms with Gasteiger partial charge in [-0.2, -0.15) is 13.2 Å². The molecule has 0 unspecified atom stereocenters. The van der Waals surface area contributed by atoms with Crippen LogP contribution in [0.4, 0.5) is 24.5 Å². The first-order chi connectivity index (χ1) is 16.2.